The Balaban J connectivity index is 2.11. The molecule has 0 radical (unpaired) electrons. The first-order chi connectivity index (χ1) is 8.70. The number of benzene rings is 1. The summed E-state index contributed by atoms with van der Waals surface area (Å²) in [5.74, 6) is 0.916. The average molecular weight is 262 g/mol. The molecule has 0 saturated carbocycles. The van der Waals surface area contributed by atoms with E-state index in [1.807, 2.05) is 19.4 Å². The van der Waals surface area contributed by atoms with Gasteiger partial charge in [-0.3, -0.25) is 0 Å². The molecule has 0 aliphatic carbocycles. The van der Waals surface area contributed by atoms with Gasteiger partial charge in [0.25, 0.3) is 0 Å². The number of anilines is 1. The number of hydrogen-bond acceptors (Lipinski definition) is 4. The maximum Gasteiger partial charge on any atom is 0.142 e. The number of thiazole rings is 1. The highest BCUT2D eigenvalue weighted by atomic mass is 32.1. The Kier molecular flexibility index (Phi) is 4.20. The second kappa shape index (κ2) is 5.87. The summed E-state index contributed by atoms with van der Waals surface area (Å²) in [7, 11) is 0. The van der Waals surface area contributed by atoms with E-state index < -0.39 is 0 Å². The molecule has 0 amide bonds. The summed E-state index contributed by atoms with van der Waals surface area (Å²) >= 11 is 1.68. The van der Waals surface area contributed by atoms with Crippen LogP contribution in [0.4, 0.5) is 5.69 Å². The molecule has 0 aliphatic rings. The van der Waals surface area contributed by atoms with E-state index in [9.17, 15) is 0 Å². The summed E-state index contributed by atoms with van der Waals surface area (Å²) in [6.07, 6.45) is 0. The second-order valence-corrected chi connectivity index (χ2v) is 5.09. The molecule has 18 heavy (non-hydrogen) atoms. The minimum absolute atomic E-state index is 0.678. The quantitative estimate of drug-likeness (QED) is 0.890. The number of aryl methyl sites for hydroxylation is 2. The highest BCUT2D eigenvalue weighted by molar-refractivity contribution is 7.09. The molecule has 0 fully saturated rings. The monoisotopic (exact) mass is 262 g/mol. The van der Waals surface area contributed by atoms with Gasteiger partial charge in [-0.2, -0.15) is 0 Å². The fourth-order valence-corrected chi connectivity index (χ4v) is 2.44. The predicted molar refractivity (Wildman–Crippen MR) is 76.5 cm³/mol. The van der Waals surface area contributed by atoms with Crippen LogP contribution in [0.25, 0.3) is 0 Å². The summed E-state index contributed by atoms with van der Waals surface area (Å²) in [5, 5.41) is 3.41. The number of nitrogens with zero attached hydrogens (tertiary/aromatic N) is 1. The van der Waals surface area contributed by atoms with E-state index in [0.717, 1.165) is 23.7 Å². The zero-order chi connectivity index (χ0) is 13.0. The van der Waals surface area contributed by atoms with Gasteiger partial charge in [-0.25, -0.2) is 4.98 Å². The Bertz CT molecular complexity index is 522. The molecule has 4 heteroatoms. The molecule has 2 rings (SSSR count). The van der Waals surface area contributed by atoms with E-state index in [4.69, 9.17) is 4.74 Å². The molecule has 1 heterocycles. The molecule has 2 aromatic rings. The Labute approximate surface area is 112 Å². The number of aromatic nitrogens is 1. The average Bonchev–Trinajstić information content (AvgIpc) is 2.74. The summed E-state index contributed by atoms with van der Waals surface area (Å²) < 4.78 is 5.64. The van der Waals surface area contributed by atoms with Crippen molar-refractivity contribution in [3.63, 3.8) is 0 Å². The first kappa shape index (κ1) is 12.9. The van der Waals surface area contributed by atoms with E-state index >= 15 is 0 Å². The van der Waals surface area contributed by atoms with Crippen LogP contribution >= 0.6 is 11.3 Å². The molecule has 0 unspecified atom stereocenters. The molecule has 3 nitrogen and oxygen atoms in total. The molecular weight excluding hydrogens is 244 g/mol. The van der Waals surface area contributed by atoms with Gasteiger partial charge in [0.1, 0.15) is 5.75 Å². The molecular formula is C14H18N2OS. The molecule has 0 aliphatic heterocycles. The van der Waals surface area contributed by atoms with Crippen LogP contribution in [0.3, 0.4) is 0 Å². The predicted octanol–water partition coefficient (Wildman–Crippen LogP) is 3.77. The lowest BCUT2D eigenvalue weighted by Crippen LogP contribution is -2.03. The standard InChI is InChI=1S/C14H18N2OS/c1-4-17-13-7-10(2)5-6-12(13)15-8-14-11(3)16-9-18-14/h5-7,9,15H,4,8H2,1-3H3. The van der Waals surface area contributed by atoms with Crippen molar-refractivity contribution in [3.8, 4) is 5.75 Å². The van der Waals surface area contributed by atoms with Crippen LogP contribution in [0.2, 0.25) is 0 Å². The van der Waals surface area contributed by atoms with Gasteiger partial charge in [0, 0.05) is 4.88 Å². The van der Waals surface area contributed by atoms with Crippen LogP contribution in [0.1, 0.15) is 23.1 Å². The van der Waals surface area contributed by atoms with Gasteiger partial charge < -0.3 is 10.1 Å². The van der Waals surface area contributed by atoms with Gasteiger partial charge in [0.05, 0.1) is 30.0 Å². The molecule has 0 atom stereocenters. The van der Waals surface area contributed by atoms with Crippen molar-refractivity contribution in [2.45, 2.75) is 27.3 Å². The van der Waals surface area contributed by atoms with Gasteiger partial charge in [0.15, 0.2) is 0 Å². The lowest BCUT2D eigenvalue weighted by atomic mass is 10.2. The van der Waals surface area contributed by atoms with E-state index in [0.29, 0.717) is 6.61 Å². The van der Waals surface area contributed by atoms with Crippen LogP contribution in [-0.2, 0) is 6.54 Å². The summed E-state index contributed by atoms with van der Waals surface area (Å²) in [4.78, 5) is 5.51. The lowest BCUT2D eigenvalue weighted by Gasteiger charge is -2.12. The van der Waals surface area contributed by atoms with Crippen molar-refractivity contribution in [3.05, 3.63) is 39.8 Å². The Morgan fingerprint density at radius 3 is 2.83 bits per heavy atom. The van der Waals surface area contributed by atoms with Crippen molar-refractivity contribution in [2.75, 3.05) is 11.9 Å². The highest BCUT2D eigenvalue weighted by Crippen LogP contribution is 2.27. The van der Waals surface area contributed by atoms with Crippen LogP contribution in [-0.4, -0.2) is 11.6 Å². The first-order valence-corrected chi connectivity index (χ1v) is 6.95. The lowest BCUT2D eigenvalue weighted by molar-refractivity contribution is 0.341. The van der Waals surface area contributed by atoms with E-state index in [-0.39, 0.29) is 0 Å². The summed E-state index contributed by atoms with van der Waals surface area (Å²) in [6.45, 7) is 7.57. The Hall–Kier alpha value is -1.55. The van der Waals surface area contributed by atoms with Crippen molar-refractivity contribution in [1.29, 1.82) is 0 Å². The van der Waals surface area contributed by atoms with Gasteiger partial charge >= 0.3 is 0 Å². The SMILES string of the molecule is CCOc1cc(C)ccc1NCc1scnc1C. The van der Waals surface area contributed by atoms with Crippen molar-refractivity contribution in [2.24, 2.45) is 0 Å². The first-order valence-electron chi connectivity index (χ1n) is 6.07. The Morgan fingerprint density at radius 2 is 2.17 bits per heavy atom. The van der Waals surface area contributed by atoms with E-state index in [1.54, 1.807) is 11.3 Å². The van der Waals surface area contributed by atoms with Crippen LogP contribution in [0, 0.1) is 13.8 Å². The van der Waals surface area contributed by atoms with Crippen LogP contribution in [0.15, 0.2) is 23.7 Å². The van der Waals surface area contributed by atoms with Crippen LogP contribution < -0.4 is 10.1 Å². The minimum Gasteiger partial charge on any atom is -0.492 e. The van der Waals surface area contributed by atoms with Gasteiger partial charge in [-0.1, -0.05) is 6.07 Å². The summed E-state index contributed by atoms with van der Waals surface area (Å²) in [5.41, 5.74) is 5.22. The number of ether oxygens (including phenoxy) is 1. The van der Waals surface area contributed by atoms with Gasteiger partial charge in [-0.05, 0) is 38.5 Å². The molecule has 1 aromatic carbocycles. The largest absolute Gasteiger partial charge is 0.492 e. The maximum absolute atomic E-state index is 5.64. The fraction of sp³-hybridized carbons (Fsp3) is 0.357. The summed E-state index contributed by atoms with van der Waals surface area (Å²) in [6, 6.07) is 6.21. The molecule has 0 spiro atoms. The van der Waals surface area contributed by atoms with E-state index in [1.165, 1.54) is 10.4 Å². The van der Waals surface area contributed by atoms with Crippen molar-refractivity contribution < 1.29 is 4.74 Å². The van der Waals surface area contributed by atoms with E-state index in [2.05, 4.69) is 35.4 Å². The topological polar surface area (TPSA) is 34.1 Å². The molecule has 0 bridgehead atoms. The highest BCUT2D eigenvalue weighted by Gasteiger charge is 2.05. The van der Waals surface area contributed by atoms with Crippen molar-refractivity contribution in [1.82, 2.24) is 4.98 Å². The number of rotatable bonds is 5. The number of nitrogens with one attached hydrogen (secondary N) is 1. The number of hydrogen-bond donors (Lipinski definition) is 1. The molecule has 96 valence electrons. The normalized spacial score (nSPS) is 10.4. The van der Waals surface area contributed by atoms with Crippen molar-refractivity contribution >= 4 is 17.0 Å². The smallest absolute Gasteiger partial charge is 0.142 e. The molecule has 0 saturated heterocycles. The molecule has 1 N–H and O–H groups in total. The Morgan fingerprint density at radius 1 is 1.33 bits per heavy atom. The fourth-order valence-electron chi connectivity index (χ4n) is 1.72. The zero-order valence-corrected chi connectivity index (χ0v) is 11.8. The molecule has 1 aromatic heterocycles. The third kappa shape index (κ3) is 3.01. The third-order valence-corrected chi connectivity index (χ3v) is 3.66. The van der Waals surface area contributed by atoms with Crippen LogP contribution in [0.5, 0.6) is 5.75 Å². The minimum atomic E-state index is 0.678. The third-order valence-electron chi connectivity index (χ3n) is 2.72. The van der Waals surface area contributed by atoms with Gasteiger partial charge in [0.2, 0.25) is 0 Å². The zero-order valence-electron chi connectivity index (χ0n) is 11.0. The maximum atomic E-state index is 5.64. The second-order valence-electron chi connectivity index (χ2n) is 4.15. The van der Waals surface area contributed by atoms with Gasteiger partial charge in [-0.15, -0.1) is 11.3 Å².